The van der Waals surface area contributed by atoms with Gasteiger partial charge >= 0.3 is 0 Å². The SMILES string of the molecule is COc1ccc(OC)c(-n2nnc(S(=O)(=O)c3ccc(C(C)(C)C)cc3)c2Br)c1. The third kappa shape index (κ3) is 4.02. The third-order valence-electron chi connectivity index (χ3n) is 4.49. The van der Waals surface area contributed by atoms with Crippen LogP contribution in [0.25, 0.3) is 5.69 Å². The number of rotatable bonds is 5. The molecule has 3 rings (SSSR count). The molecule has 0 fully saturated rings. The van der Waals surface area contributed by atoms with E-state index in [9.17, 15) is 8.42 Å². The van der Waals surface area contributed by atoms with Crippen molar-refractivity contribution >= 4 is 25.8 Å². The van der Waals surface area contributed by atoms with Gasteiger partial charge in [0.1, 0.15) is 21.8 Å². The number of halogens is 1. The van der Waals surface area contributed by atoms with E-state index in [1.165, 1.54) is 11.8 Å². The summed E-state index contributed by atoms with van der Waals surface area (Å²) < 4.78 is 38.4. The van der Waals surface area contributed by atoms with Crippen molar-refractivity contribution in [2.24, 2.45) is 0 Å². The van der Waals surface area contributed by atoms with Crippen molar-refractivity contribution in [2.45, 2.75) is 36.1 Å². The molecule has 0 bridgehead atoms. The van der Waals surface area contributed by atoms with Crippen molar-refractivity contribution in [1.29, 1.82) is 0 Å². The average molecular weight is 480 g/mol. The molecule has 0 spiro atoms. The van der Waals surface area contributed by atoms with Gasteiger partial charge < -0.3 is 9.47 Å². The lowest BCUT2D eigenvalue weighted by molar-refractivity contribution is 0.400. The fourth-order valence-electron chi connectivity index (χ4n) is 2.78. The molecule has 29 heavy (non-hydrogen) atoms. The molecular weight excluding hydrogens is 458 g/mol. The van der Waals surface area contributed by atoms with E-state index in [1.807, 2.05) is 12.1 Å². The van der Waals surface area contributed by atoms with Gasteiger partial charge in [0.05, 0.1) is 19.1 Å². The summed E-state index contributed by atoms with van der Waals surface area (Å²) >= 11 is 3.34. The highest BCUT2D eigenvalue weighted by Crippen LogP contribution is 2.33. The van der Waals surface area contributed by atoms with Crippen LogP contribution in [0.1, 0.15) is 26.3 Å². The number of sulfone groups is 1. The Hall–Kier alpha value is -2.39. The summed E-state index contributed by atoms with van der Waals surface area (Å²) in [6.45, 7) is 6.21. The second-order valence-electron chi connectivity index (χ2n) is 7.41. The largest absolute Gasteiger partial charge is 0.497 e. The quantitative estimate of drug-likeness (QED) is 0.545. The highest BCUT2D eigenvalue weighted by atomic mass is 79.9. The molecule has 3 aromatic rings. The van der Waals surface area contributed by atoms with Gasteiger partial charge in [-0.3, -0.25) is 0 Å². The van der Waals surface area contributed by atoms with Gasteiger partial charge in [-0.1, -0.05) is 38.1 Å². The Balaban J connectivity index is 2.07. The Morgan fingerprint density at radius 3 is 2.21 bits per heavy atom. The summed E-state index contributed by atoms with van der Waals surface area (Å²) in [5, 5.41) is 7.77. The zero-order valence-corrected chi connectivity index (χ0v) is 19.2. The van der Waals surface area contributed by atoms with E-state index in [2.05, 4.69) is 47.0 Å². The second-order valence-corrected chi connectivity index (χ2v) is 10.0. The number of benzene rings is 2. The van der Waals surface area contributed by atoms with Crippen LogP contribution in [0.15, 0.2) is 57.0 Å². The smallest absolute Gasteiger partial charge is 0.228 e. The second kappa shape index (κ2) is 7.79. The molecule has 154 valence electrons. The first kappa shape index (κ1) is 21.3. The molecule has 9 heteroatoms. The molecule has 0 unspecified atom stereocenters. The normalized spacial score (nSPS) is 12.1. The monoisotopic (exact) mass is 479 g/mol. The molecule has 1 aromatic heterocycles. The van der Waals surface area contributed by atoms with Gasteiger partial charge in [-0.2, -0.15) is 0 Å². The average Bonchev–Trinajstić information content (AvgIpc) is 3.08. The summed E-state index contributed by atoms with van der Waals surface area (Å²) in [6.07, 6.45) is 0. The Kier molecular flexibility index (Phi) is 5.73. The first-order valence-corrected chi connectivity index (χ1v) is 11.1. The molecule has 1 heterocycles. The van der Waals surface area contributed by atoms with Gasteiger partial charge in [0.25, 0.3) is 0 Å². The van der Waals surface area contributed by atoms with Crippen LogP contribution in [0.3, 0.4) is 0 Å². The molecule has 7 nitrogen and oxygen atoms in total. The van der Waals surface area contributed by atoms with E-state index >= 15 is 0 Å². The Morgan fingerprint density at radius 1 is 1.00 bits per heavy atom. The number of aromatic nitrogens is 3. The van der Waals surface area contributed by atoms with Gasteiger partial charge in [0, 0.05) is 6.07 Å². The van der Waals surface area contributed by atoms with Crippen LogP contribution in [0.5, 0.6) is 11.5 Å². The van der Waals surface area contributed by atoms with Crippen LogP contribution in [-0.2, 0) is 15.3 Å². The van der Waals surface area contributed by atoms with Gasteiger partial charge in [-0.15, -0.1) is 5.10 Å². The maximum absolute atomic E-state index is 13.1. The van der Waals surface area contributed by atoms with Crippen molar-refractivity contribution in [3.05, 3.63) is 52.6 Å². The highest BCUT2D eigenvalue weighted by Gasteiger charge is 2.28. The zero-order chi connectivity index (χ0) is 21.4. The predicted molar refractivity (Wildman–Crippen MR) is 113 cm³/mol. The molecule has 0 saturated carbocycles. The first-order chi connectivity index (χ1) is 13.6. The maximum atomic E-state index is 13.1. The Bertz CT molecular complexity index is 1130. The molecule has 0 saturated heterocycles. The van der Waals surface area contributed by atoms with E-state index in [1.54, 1.807) is 37.4 Å². The zero-order valence-electron chi connectivity index (χ0n) is 16.8. The van der Waals surface area contributed by atoms with Crippen molar-refractivity contribution < 1.29 is 17.9 Å². The lowest BCUT2D eigenvalue weighted by Gasteiger charge is -2.19. The number of nitrogens with zero attached hydrogens (tertiary/aromatic N) is 3. The third-order valence-corrected chi connectivity index (χ3v) is 7.14. The summed E-state index contributed by atoms with van der Waals surface area (Å²) in [7, 11) is -0.809. The van der Waals surface area contributed by atoms with E-state index < -0.39 is 9.84 Å². The van der Waals surface area contributed by atoms with Gasteiger partial charge in [-0.05, 0) is 51.2 Å². The van der Waals surface area contributed by atoms with Gasteiger partial charge in [0.15, 0.2) is 0 Å². The fraction of sp³-hybridized carbons (Fsp3) is 0.300. The van der Waals surface area contributed by atoms with Crippen LogP contribution >= 0.6 is 15.9 Å². The molecule has 0 aliphatic rings. The van der Waals surface area contributed by atoms with Crippen LogP contribution < -0.4 is 9.47 Å². The van der Waals surface area contributed by atoms with Crippen molar-refractivity contribution in [3.8, 4) is 17.2 Å². The van der Waals surface area contributed by atoms with Crippen molar-refractivity contribution in [1.82, 2.24) is 15.0 Å². The molecule has 0 N–H and O–H groups in total. The number of methoxy groups -OCH3 is 2. The van der Waals surface area contributed by atoms with E-state index in [0.717, 1.165) is 5.56 Å². The number of hydrogen-bond acceptors (Lipinski definition) is 6. The number of hydrogen-bond donors (Lipinski definition) is 0. The minimum Gasteiger partial charge on any atom is -0.497 e. The van der Waals surface area contributed by atoms with E-state index in [-0.39, 0.29) is 19.9 Å². The Morgan fingerprint density at radius 2 is 1.66 bits per heavy atom. The lowest BCUT2D eigenvalue weighted by atomic mass is 9.87. The molecule has 0 aliphatic heterocycles. The van der Waals surface area contributed by atoms with Crippen LogP contribution in [-0.4, -0.2) is 37.6 Å². The lowest BCUT2D eigenvalue weighted by Crippen LogP contribution is -2.11. The minimum absolute atomic E-state index is 0.0745. The fourth-order valence-corrected chi connectivity index (χ4v) is 4.93. The molecule has 0 aliphatic carbocycles. The molecule has 0 radical (unpaired) electrons. The van der Waals surface area contributed by atoms with Gasteiger partial charge in [-0.25, -0.2) is 13.1 Å². The van der Waals surface area contributed by atoms with Crippen LogP contribution in [0.2, 0.25) is 0 Å². The summed E-state index contributed by atoms with van der Waals surface area (Å²) in [6, 6.07) is 11.9. The predicted octanol–water partition coefficient (Wildman–Crippen LogP) is 4.18. The first-order valence-electron chi connectivity index (χ1n) is 8.79. The summed E-state index contributed by atoms with van der Waals surface area (Å²) in [5.74, 6) is 1.07. The van der Waals surface area contributed by atoms with E-state index in [4.69, 9.17) is 9.47 Å². The number of ether oxygens (including phenoxy) is 2. The summed E-state index contributed by atoms with van der Waals surface area (Å²) in [4.78, 5) is 0.149. The standard InChI is InChI=1S/C20H22BrN3O4S/c1-20(2,3)13-6-9-15(10-7-13)29(25,26)19-18(21)24(23-22-19)16-12-14(27-4)8-11-17(16)28-5/h6-12H,1-5H3. The molecular formula is C20H22BrN3O4S. The van der Waals surface area contributed by atoms with Gasteiger partial charge in [0.2, 0.25) is 14.9 Å². The topological polar surface area (TPSA) is 83.3 Å². The molecule has 0 atom stereocenters. The van der Waals surface area contributed by atoms with Crippen LogP contribution in [0.4, 0.5) is 0 Å². The summed E-state index contributed by atoms with van der Waals surface area (Å²) in [5.41, 5.74) is 1.46. The highest BCUT2D eigenvalue weighted by molar-refractivity contribution is 9.10. The van der Waals surface area contributed by atoms with Crippen molar-refractivity contribution in [3.63, 3.8) is 0 Å². The van der Waals surface area contributed by atoms with Crippen LogP contribution in [0, 0.1) is 0 Å². The van der Waals surface area contributed by atoms with Crippen molar-refractivity contribution in [2.75, 3.05) is 14.2 Å². The molecule has 0 amide bonds. The maximum Gasteiger partial charge on any atom is 0.228 e. The molecule has 2 aromatic carbocycles. The Labute approximate surface area is 178 Å². The van der Waals surface area contributed by atoms with E-state index in [0.29, 0.717) is 17.2 Å². The minimum atomic E-state index is -3.87.